The molecule has 1 aromatic rings. The molecule has 19 heavy (non-hydrogen) atoms. The molecule has 0 amide bonds. The van der Waals surface area contributed by atoms with Crippen LogP contribution in [0.4, 0.5) is 0 Å². The molecule has 2 aliphatic rings. The first-order valence-corrected chi connectivity index (χ1v) is 7.87. The van der Waals surface area contributed by atoms with E-state index in [4.69, 9.17) is 5.73 Å². The summed E-state index contributed by atoms with van der Waals surface area (Å²) in [7, 11) is 0. The van der Waals surface area contributed by atoms with Gasteiger partial charge >= 0.3 is 0 Å². The van der Waals surface area contributed by atoms with Crippen molar-refractivity contribution in [2.24, 2.45) is 5.73 Å². The Kier molecular flexibility index (Phi) is 4.19. The van der Waals surface area contributed by atoms with Crippen LogP contribution in [0.5, 0.6) is 0 Å². The number of rotatable bonds is 2. The van der Waals surface area contributed by atoms with Crippen LogP contribution >= 0.6 is 0 Å². The number of nitrogens with two attached hydrogens (primary N) is 1. The Bertz CT molecular complexity index is 384. The lowest BCUT2D eigenvalue weighted by atomic mass is 9.85. The van der Waals surface area contributed by atoms with Crippen molar-refractivity contribution in [1.29, 1.82) is 0 Å². The molecular formula is C17H26N2. The zero-order valence-corrected chi connectivity index (χ0v) is 11.8. The second kappa shape index (κ2) is 6.06. The third-order valence-electron chi connectivity index (χ3n) is 4.87. The van der Waals surface area contributed by atoms with E-state index in [1.165, 1.54) is 44.2 Å². The molecule has 2 fully saturated rings. The number of likely N-dealkylation sites (tertiary alicyclic amines) is 1. The highest BCUT2D eigenvalue weighted by molar-refractivity contribution is 5.21. The summed E-state index contributed by atoms with van der Waals surface area (Å²) in [5, 5.41) is 0. The highest BCUT2D eigenvalue weighted by atomic mass is 15.2. The summed E-state index contributed by atoms with van der Waals surface area (Å²) in [6.07, 6.45) is 8.16. The van der Waals surface area contributed by atoms with E-state index in [9.17, 15) is 0 Å². The fraction of sp³-hybridized carbons (Fsp3) is 0.647. The van der Waals surface area contributed by atoms with Gasteiger partial charge in [-0.3, -0.25) is 4.90 Å². The lowest BCUT2D eigenvalue weighted by Crippen LogP contribution is -2.50. The van der Waals surface area contributed by atoms with Gasteiger partial charge in [-0.2, -0.15) is 0 Å². The number of benzene rings is 1. The third-order valence-corrected chi connectivity index (χ3v) is 4.87. The molecule has 1 heterocycles. The minimum Gasteiger partial charge on any atom is -0.327 e. The SMILES string of the molecule is NC1CC(c2ccccc2)CN(C2CCCCC2)C1. The maximum Gasteiger partial charge on any atom is 0.0174 e. The average Bonchev–Trinajstić information content (AvgIpc) is 2.48. The van der Waals surface area contributed by atoms with Crippen molar-refractivity contribution >= 4 is 0 Å². The molecule has 0 aromatic heterocycles. The van der Waals surface area contributed by atoms with Crippen LogP contribution in [0.2, 0.25) is 0 Å². The molecule has 2 atom stereocenters. The molecule has 0 spiro atoms. The maximum absolute atomic E-state index is 6.32. The Morgan fingerprint density at radius 2 is 1.68 bits per heavy atom. The van der Waals surface area contributed by atoms with Crippen molar-refractivity contribution in [2.75, 3.05) is 13.1 Å². The predicted octanol–water partition coefficient (Wildman–Crippen LogP) is 3.14. The summed E-state index contributed by atoms with van der Waals surface area (Å²) >= 11 is 0. The summed E-state index contributed by atoms with van der Waals surface area (Å²) in [5.41, 5.74) is 7.79. The molecule has 104 valence electrons. The second-order valence-corrected chi connectivity index (χ2v) is 6.35. The van der Waals surface area contributed by atoms with Gasteiger partial charge in [0.1, 0.15) is 0 Å². The normalized spacial score (nSPS) is 30.4. The Hall–Kier alpha value is -0.860. The van der Waals surface area contributed by atoms with E-state index in [2.05, 4.69) is 35.2 Å². The van der Waals surface area contributed by atoms with Gasteiger partial charge in [0.25, 0.3) is 0 Å². The van der Waals surface area contributed by atoms with Crippen LogP contribution in [-0.2, 0) is 0 Å². The van der Waals surface area contributed by atoms with Crippen molar-refractivity contribution in [3.63, 3.8) is 0 Å². The van der Waals surface area contributed by atoms with E-state index in [0.717, 1.165) is 19.0 Å². The number of hydrogen-bond donors (Lipinski definition) is 1. The fourth-order valence-electron chi connectivity index (χ4n) is 3.88. The second-order valence-electron chi connectivity index (χ2n) is 6.35. The van der Waals surface area contributed by atoms with Gasteiger partial charge in [0.05, 0.1) is 0 Å². The molecule has 3 rings (SSSR count). The van der Waals surface area contributed by atoms with Crippen LogP contribution in [0.15, 0.2) is 30.3 Å². The van der Waals surface area contributed by atoms with E-state index < -0.39 is 0 Å². The Labute approximate surface area is 117 Å². The molecule has 2 heteroatoms. The molecule has 2 unspecified atom stereocenters. The summed E-state index contributed by atoms with van der Waals surface area (Å²) < 4.78 is 0. The van der Waals surface area contributed by atoms with Crippen LogP contribution in [0, 0.1) is 0 Å². The zero-order chi connectivity index (χ0) is 13.1. The first kappa shape index (κ1) is 13.1. The molecule has 1 aromatic carbocycles. The Balaban J connectivity index is 1.70. The molecule has 0 bridgehead atoms. The standard InChI is InChI=1S/C17H26N2/c18-16-11-15(14-7-3-1-4-8-14)12-19(13-16)17-9-5-2-6-10-17/h1,3-4,7-8,15-17H,2,5-6,9-13,18H2. The van der Waals surface area contributed by atoms with E-state index in [1.807, 2.05) is 0 Å². The minimum absolute atomic E-state index is 0.348. The highest BCUT2D eigenvalue weighted by Gasteiger charge is 2.30. The van der Waals surface area contributed by atoms with Crippen molar-refractivity contribution in [3.8, 4) is 0 Å². The van der Waals surface area contributed by atoms with Crippen molar-refractivity contribution in [1.82, 2.24) is 4.90 Å². The number of hydrogen-bond acceptors (Lipinski definition) is 2. The average molecular weight is 258 g/mol. The van der Waals surface area contributed by atoms with Crippen LogP contribution in [0.1, 0.15) is 50.0 Å². The van der Waals surface area contributed by atoms with Gasteiger partial charge in [-0.15, -0.1) is 0 Å². The van der Waals surface area contributed by atoms with Gasteiger partial charge in [-0.05, 0) is 30.7 Å². The van der Waals surface area contributed by atoms with Gasteiger partial charge in [0.15, 0.2) is 0 Å². The number of piperidine rings is 1. The number of nitrogens with zero attached hydrogens (tertiary/aromatic N) is 1. The summed E-state index contributed by atoms with van der Waals surface area (Å²) in [6.45, 7) is 2.32. The Morgan fingerprint density at radius 3 is 2.42 bits per heavy atom. The molecule has 0 radical (unpaired) electrons. The van der Waals surface area contributed by atoms with Gasteiger partial charge in [-0.25, -0.2) is 0 Å². The van der Waals surface area contributed by atoms with Gasteiger partial charge in [0.2, 0.25) is 0 Å². The first-order chi connectivity index (χ1) is 9.33. The molecule has 1 saturated carbocycles. The lowest BCUT2D eigenvalue weighted by molar-refractivity contribution is 0.107. The van der Waals surface area contributed by atoms with Gasteiger partial charge < -0.3 is 5.73 Å². The van der Waals surface area contributed by atoms with Gasteiger partial charge in [-0.1, -0.05) is 49.6 Å². The summed E-state index contributed by atoms with van der Waals surface area (Å²) in [6, 6.07) is 12.1. The monoisotopic (exact) mass is 258 g/mol. The first-order valence-electron chi connectivity index (χ1n) is 7.87. The van der Waals surface area contributed by atoms with Crippen LogP contribution < -0.4 is 5.73 Å². The fourth-order valence-corrected chi connectivity index (χ4v) is 3.88. The molecule has 1 aliphatic heterocycles. The van der Waals surface area contributed by atoms with E-state index in [1.54, 1.807) is 0 Å². The molecule has 2 nitrogen and oxygen atoms in total. The third kappa shape index (κ3) is 3.18. The lowest BCUT2D eigenvalue weighted by Gasteiger charge is -2.42. The minimum atomic E-state index is 0.348. The molecule has 2 N–H and O–H groups in total. The summed E-state index contributed by atoms with van der Waals surface area (Å²) in [5.74, 6) is 0.631. The molecular weight excluding hydrogens is 232 g/mol. The van der Waals surface area contributed by atoms with Crippen molar-refractivity contribution in [3.05, 3.63) is 35.9 Å². The van der Waals surface area contributed by atoms with Crippen LogP contribution in [0.25, 0.3) is 0 Å². The van der Waals surface area contributed by atoms with Gasteiger partial charge in [0, 0.05) is 25.2 Å². The Morgan fingerprint density at radius 1 is 0.947 bits per heavy atom. The predicted molar refractivity (Wildman–Crippen MR) is 80.2 cm³/mol. The van der Waals surface area contributed by atoms with Crippen molar-refractivity contribution < 1.29 is 0 Å². The highest BCUT2D eigenvalue weighted by Crippen LogP contribution is 2.31. The van der Waals surface area contributed by atoms with Crippen LogP contribution in [-0.4, -0.2) is 30.1 Å². The summed E-state index contributed by atoms with van der Waals surface area (Å²) in [4.78, 5) is 2.69. The largest absolute Gasteiger partial charge is 0.327 e. The van der Waals surface area contributed by atoms with Crippen molar-refractivity contribution in [2.45, 2.75) is 56.5 Å². The smallest absolute Gasteiger partial charge is 0.0174 e. The molecule has 1 saturated heterocycles. The quantitative estimate of drug-likeness (QED) is 0.883. The van der Waals surface area contributed by atoms with Crippen LogP contribution in [0.3, 0.4) is 0 Å². The maximum atomic E-state index is 6.32. The topological polar surface area (TPSA) is 29.3 Å². The van der Waals surface area contributed by atoms with E-state index >= 15 is 0 Å². The van der Waals surface area contributed by atoms with E-state index in [-0.39, 0.29) is 0 Å². The molecule has 1 aliphatic carbocycles. The van der Waals surface area contributed by atoms with E-state index in [0.29, 0.717) is 12.0 Å². The zero-order valence-electron chi connectivity index (χ0n) is 11.8.